The number of likely N-dealkylation sites (N-methyl/N-ethyl adjacent to an activating group) is 1. The third-order valence-electron chi connectivity index (χ3n) is 4.60. The molecule has 0 saturated heterocycles. The van der Waals surface area contributed by atoms with E-state index in [0.717, 1.165) is 18.4 Å². The van der Waals surface area contributed by atoms with Crippen LogP contribution in [0.3, 0.4) is 0 Å². The van der Waals surface area contributed by atoms with Crippen molar-refractivity contribution in [2.45, 2.75) is 38.8 Å². The second-order valence-corrected chi connectivity index (χ2v) is 7.11. The molecule has 25 heavy (non-hydrogen) atoms. The standard InChI is InChI=1S/C18H25N5O2/c1-12(2)16(18(25)22(3)11-15(24)13-9-10-13)23-20-17(19-21-23)14-7-5-4-6-8-14/h4-8,12-13,15-16,24H,9-11H2,1-3H3. The highest BCUT2D eigenvalue weighted by Crippen LogP contribution is 2.33. The zero-order chi connectivity index (χ0) is 18.0. The van der Waals surface area contributed by atoms with Gasteiger partial charge in [0.25, 0.3) is 0 Å². The summed E-state index contributed by atoms with van der Waals surface area (Å²) in [6, 6.07) is 9.02. The van der Waals surface area contributed by atoms with E-state index in [9.17, 15) is 9.90 Å². The van der Waals surface area contributed by atoms with E-state index < -0.39 is 12.1 Å². The van der Waals surface area contributed by atoms with Crippen molar-refractivity contribution in [3.8, 4) is 11.4 Å². The Bertz CT molecular complexity index is 711. The molecular weight excluding hydrogens is 318 g/mol. The number of carbonyl (C=O) groups excluding carboxylic acids is 1. The van der Waals surface area contributed by atoms with Crippen LogP contribution in [0.4, 0.5) is 0 Å². The molecule has 1 fully saturated rings. The molecule has 1 aliphatic carbocycles. The topological polar surface area (TPSA) is 84.1 Å². The summed E-state index contributed by atoms with van der Waals surface area (Å²) in [4.78, 5) is 15.9. The summed E-state index contributed by atoms with van der Waals surface area (Å²) in [6.07, 6.45) is 1.63. The van der Waals surface area contributed by atoms with Crippen LogP contribution in [-0.2, 0) is 4.79 Å². The molecular formula is C18H25N5O2. The van der Waals surface area contributed by atoms with Gasteiger partial charge in [0.15, 0.2) is 6.04 Å². The van der Waals surface area contributed by atoms with Gasteiger partial charge in [0.2, 0.25) is 11.7 Å². The van der Waals surface area contributed by atoms with E-state index in [4.69, 9.17) is 0 Å². The highest BCUT2D eigenvalue weighted by molar-refractivity contribution is 5.80. The largest absolute Gasteiger partial charge is 0.391 e. The summed E-state index contributed by atoms with van der Waals surface area (Å²) in [5.41, 5.74) is 0.862. The normalized spacial score (nSPS) is 16.7. The van der Waals surface area contributed by atoms with Gasteiger partial charge < -0.3 is 10.0 Å². The van der Waals surface area contributed by atoms with Crippen LogP contribution in [0, 0.1) is 11.8 Å². The second-order valence-electron chi connectivity index (χ2n) is 7.11. The lowest BCUT2D eigenvalue weighted by molar-refractivity contribution is -0.137. The highest BCUT2D eigenvalue weighted by atomic mass is 16.3. The lowest BCUT2D eigenvalue weighted by atomic mass is 10.0. The number of tetrazole rings is 1. The molecule has 1 aromatic carbocycles. The molecule has 2 atom stereocenters. The molecule has 0 aliphatic heterocycles. The van der Waals surface area contributed by atoms with Crippen molar-refractivity contribution in [1.82, 2.24) is 25.1 Å². The Kier molecular flexibility index (Phi) is 5.13. The zero-order valence-electron chi connectivity index (χ0n) is 14.9. The summed E-state index contributed by atoms with van der Waals surface area (Å²) < 4.78 is 0. The van der Waals surface area contributed by atoms with Crippen molar-refractivity contribution in [3.63, 3.8) is 0 Å². The fraction of sp³-hybridized carbons (Fsp3) is 0.556. The van der Waals surface area contributed by atoms with Crippen LogP contribution in [0.1, 0.15) is 32.7 Å². The summed E-state index contributed by atoms with van der Waals surface area (Å²) in [6.45, 7) is 4.26. The van der Waals surface area contributed by atoms with E-state index in [1.165, 1.54) is 4.80 Å². The van der Waals surface area contributed by atoms with Crippen molar-refractivity contribution < 1.29 is 9.90 Å². The van der Waals surface area contributed by atoms with Crippen LogP contribution in [-0.4, -0.2) is 55.8 Å². The van der Waals surface area contributed by atoms with Gasteiger partial charge in [0.05, 0.1) is 6.10 Å². The van der Waals surface area contributed by atoms with Crippen LogP contribution in [0.15, 0.2) is 30.3 Å². The average molecular weight is 343 g/mol. The van der Waals surface area contributed by atoms with Crippen molar-refractivity contribution in [2.75, 3.05) is 13.6 Å². The number of rotatable bonds is 7. The monoisotopic (exact) mass is 343 g/mol. The Morgan fingerprint density at radius 3 is 2.60 bits per heavy atom. The Morgan fingerprint density at radius 1 is 1.32 bits per heavy atom. The molecule has 1 heterocycles. The number of carbonyl (C=O) groups is 1. The molecule has 3 rings (SSSR count). The predicted molar refractivity (Wildman–Crippen MR) is 93.5 cm³/mol. The third-order valence-corrected chi connectivity index (χ3v) is 4.60. The Balaban J connectivity index is 1.76. The van der Waals surface area contributed by atoms with Crippen LogP contribution in [0.25, 0.3) is 11.4 Å². The number of nitrogens with zero attached hydrogens (tertiary/aromatic N) is 5. The summed E-state index contributed by atoms with van der Waals surface area (Å²) in [7, 11) is 1.72. The molecule has 1 aliphatic rings. The van der Waals surface area contributed by atoms with Gasteiger partial charge in [-0.25, -0.2) is 0 Å². The molecule has 7 nitrogen and oxygen atoms in total. The van der Waals surface area contributed by atoms with E-state index in [1.54, 1.807) is 11.9 Å². The van der Waals surface area contributed by atoms with Gasteiger partial charge in [0.1, 0.15) is 0 Å². The maximum absolute atomic E-state index is 12.9. The first-order chi connectivity index (χ1) is 12.0. The summed E-state index contributed by atoms with van der Waals surface area (Å²) >= 11 is 0. The second kappa shape index (κ2) is 7.31. The van der Waals surface area contributed by atoms with Crippen molar-refractivity contribution in [3.05, 3.63) is 30.3 Å². The van der Waals surface area contributed by atoms with Crippen molar-refractivity contribution >= 4 is 5.91 Å². The predicted octanol–water partition coefficient (Wildman–Crippen LogP) is 1.77. The molecule has 0 bridgehead atoms. The summed E-state index contributed by atoms with van der Waals surface area (Å²) in [5.74, 6) is 0.735. The smallest absolute Gasteiger partial charge is 0.249 e. The molecule has 0 radical (unpaired) electrons. The fourth-order valence-corrected chi connectivity index (χ4v) is 2.92. The third kappa shape index (κ3) is 4.04. The Labute approximate surface area is 147 Å². The lowest BCUT2D eigenvalue weighted by Gasteiger charge is -2.26. The number of amides is 1. The maximum Gasteiger partial charge on any atom is 0.249 e. The SMILES string of the molecule is CC(C)C(C(=O)N(C)CC(O)C1CC1)n1nnc(-c2ccccc2)n1. The first kappa shape index (κ1) is 17.5. The molecule has 2 unspecified atom stereocenters. The van der Waals surface area contributed by atoms with Crippen LogP contribution >= 0.6 is 0 Å². The number of hydrogen-bond acceptors (Lipinski definition) is 5. The van der Waals surface area contributed by atoms with E-state index in [2.05, 4.69) is 15.4 Å². The average Bonchev–Trinajstić information content (AvgIpc) is 3.34. The first-order valence-electron chi connectivity index (χ1n) is 8.75. The van der Waals surface area contributed by atoms with E-state index in [0.29, 0.717) is 18.3 Å². The van der Waals surface area contributed by atoms with Gasteiger partial charge in [-0.15, -0.1) is 10.2 Å². The van der Waals surface area contributed by atoms with E-state index in [-0.39, 0.29) is 11.8 Å². The van der Waals surface area contributed by atoms with E-state index >= 15 is 0 Å². The minimum Gasteiger partial charge on any atom is -0.391 e. The Morgan fingerprint density at radius 2 is 2.00 bits per heavy atom. The zero-order valence-corrected chi connectivity index (χ0v) is 14.9. The van der Waals surface area contributed by atoms with Gasteiger partial charge in [-0.2, -0.15) is 4.80 Å². The molecule has 1 aromatic heterocycles. The van der Waals surface area contributed by atoms with Gasteiger partial charge in [0, 0.05) is 19.2 Å². The molecule has 1 saturated carbocycles. The summed E-state index contributed by atoms with van der Waals surface area (Å²) in [5, 5.41) is 22.7. The molecule has 1 amide bonds. The molecule has 1 N–H and O–H groups in total. The van der Waals surface area contributed by atoms with Crippen molar-refractivity contribution in [2.24, 2.45) is 11.8 Å². The van der Waals surface area contributed by atoms with Gasteiger partial charge >= 0.3 is 0 Å². The van der Waals surface area contributed by atoms with Crippen LogP contribution in [0.2, 0.25) is 0 Å². The number of aliphatic hydroxyl groups excluding tert-OH is 1. The molecule has 134 valence electrons. The van der Waals surface area contributed by atoms with Crippen LogP contribution < -0.4 is 0 Å². The number of benzene rings is 1. The van der Waals surface area contributed by atoms with Crippen LogP contribution in [0.5, 0.6) is 0 Å². The number of hydrogen-bond donors (Lipinski definition) is 1. The minimum absolute atomic E-state index is 0.00541. The first-order valence-corrected chi connectivity index (χ1v) is 8.75. The minimum atomic E-state index is -0.540. The van der Waals surface area contributed by atoms with Gasteiger partial charge in [-0.1, -0.05) is 44.2 Å². The van der Waals surface area contributed by atoms with E-state index in [1.807, 2.05) is 44.2 Å². The van der Waals surface area contributed by atoms with Crippen molar-refractivity contribution in [1.29, 1.82) is 0 Å². The van der Waals surface area contributed by atoms with Gasteiger partial charge in [-0.05, 0) is 29.9 Å². The van der Waals surface area contributed by atoms with Gasteiger partial charge in [-0.3, -0.25) is 4.79 Å². The fourth-order valence-electron chi connectivity index (χ4n) is 2.92. The quantitative estimate of drug-likeness (QED) is 0.828. The number of aliphatic hydroxyl groups is 1. The maximum atomic E-state index is 12.9. The molecule has 7 heteroatoms. The molecule has 0 spiro atoms. The number of aromatic nitrogens is 4. The highest BCUT2D eigenvalue weighted by Gasteiger charge is 2.34. The lowest BCUT2D eigenvalue weighted by Crippen LogP contribution is -2.42. The molecule has 2 aromatic rings. The Hall–Kier alpha value is -2.28.